The summed E-state index contributed by atoms with van der Waals surface area (Å²) in [5.74, 6) is -1.91. The van der Waals surface area contributed by atoms with Gasteiger partial charge in [-0.2, -0.15) is 14.8 Å². The highest BCUT2D eigenvalue weighted by Gasteiger charge is 2.30. The Labute approximate surface area is 143 Å². The number of hydrogen-bond donors (Lipinski definition) is 0. The molecule has 3 atom stereocenters. The van der Waals surface area contributed by atoms with Gasteiger partial charge in [0.2, 0.25) is 5.91 Å². The van der Waals surface area contributed by atoms with Crippen LogP contribution in [0.3, 0.4) is 0 Å². The number of rotatable bonds is 3. The summed E-state index contributed by atoms with van der Waals surface area (Å²) >= 11 is 0. The summed E-state index contributed by atoms with van der Waals surface area (Å²) in [5, 5.41) is 3.80. The molecule has 3 heterocycles. The zero-order valence-electron chi connectivity index (χ0n) is 13.5. The molecule has 2 aliphatic rings. The minimum absolute atomic E-state index is 0.108. The molecule has 1 aromatic rings. The van der Waals surface area contributed by atoms with Gasteiger partial charge in [-0.15, -0.1) is 0 Å². The molecule has 132 valence electrons. The van der Waals surface area contributed by atoms with Crippen LogP contribution in [0, 0.1) is 5.92 Å². The summed E-state index contributed by atoms with van der Waals surface area (Å²) in [6.07, 6.45) is 7.16. The van der Waals surface area contributed by atoms with Crippen LogP contribution >= 0.6 is 0 Å². The molecule has 0 saturated carbocycles. The van der Waals surface area contributed by atoms with Crippen LogP contribution < -0.4 is 0 Å². The first-order chi connectivity index (χ1) is 12.0. The number of halogens is 1. The van der Waals surface area contributed by atoms with Gasteiger partial charge in [-0.1, -0.05) is 12.2 Å². The molecule has 0 saturated heterocycles. The summed E-state index contributed by atoms with van der Waals surface area (Å²) < 4.78 is 26.1. The molecule has 0 fully saturated rings. The third kappa shape index (κ3) is 4.24. The molecule has 1 aromatic heterocycles. The van der Waals surface area contributed by atoms with Crippen LogP contribution in [0.15, 0.2) is 41.7 Å². The molecule has 0 N–H and O–H groups in total. The number of hydrogen-bond acceptors (Lipinski definition) is 6. The lowest BCUT2D eigenvalue weighted by Gasteiger charge is -2.23. The smallest absolute Gasteiger partial charge is 0.302 e. The molecule has 1 amide bonds. The number of ether oxygens (including phenoxy) is 2. The topological polar surface area (TPSA) is 95.7 Å². The van der Waals surface area contributed by atoms with Gasteiger partial charge in [-0.25, -0.2) is 9.37 Å². The third-order valence-corrected chi connectivity index (χ3v) is 3.88. The maximum Gasteiger partial charge on any atom is 0.302 e. The van der Waals surface area contributed by atoms with Crippen molar-refractivity contribution in [2.45, 2.75) is 32.0 Å². The standard InChI is InChI=1S/C16H17FN4O4/c1-10(22)24-7-12-3-5-14(25-12)11-2-4-13(17)16(20-15(23)6-11)21-9-18-8-19-21/h3-5,8-9,11-12,14H,2,6-7H2,1H3/b13-4+,20-16?. The second-order valence-corrected chi connectivity index (χ2v) is 5.75. The van der Waals surface area contributed by atoms with E-state index >= 15 is 0 Å². The van der Waals surface area contributed by atoms with Crippen molar-refractivity contribution in [2.75, 3.05) is 6.61 Å². The number of aromatic nitrogens is 3. The fraction of sp³-hybridized carbons (Fsp3) is 0.438. The maximum absolute atomic E-state index is 14.3. The van der Waals surface area contributed by atoms with E-state index in [0.717, 1.165) is 4.68 Å². The molecule has 2 aliphatic heterocycles. The minimum atomic E-state index is -0.637. The molecular formula is C16H17FN4O4. The summed E-state index contributed by atoms with van der Waals surface area (Å²) in [6, 6.07) is 0. The highest BCUT2D eigenvalue weighted by molar-refractivity contribution is 6.04. The monoisotopic (exact) mass is 348 g/mol. The molecule has 8 nitrogen and oxygen atoms in total. The number of allylic oxidation sites excluding steroid dienone is 2. The van der Waals surface area contributed by atoms with Gasteiger partial charge in [-0.3, -0.25) is 9.59 Å². The fourth-order valence-electron chi connectivity index (χ4n) is 2.69. The fourth-order valence-corrected chi connectivity index (χ4v) is 2.69. The molecule has 3 rings (SSSR count). The molecule has 0 bridgehead atoms. The van der Waals surface area contributed by atoms with Crippen LogP contribution in [0.2, 0.25) is 0 Å². The Balaban J connectivity index is 1.67. The van der Waals surface area contributed by atoms with E-state index in [0.29, 0.717) is 6.42 Å². The van der Waals surface area contributed by atoms with Gasteiger partial charge in [0.1, 0.15) is 25.4 Å². The Kier molecular flexibility index (Phi) is 5.13. The van der Waals surface area contributed by atoms with E-state index in [1.807, 2.05) is 6.08 Å². The Morgan fingerprint density at radius 3 is 3.04 bits per heavy atom. The highest BCUT2D eigenvalue weighted by Crippen LogP contribution is 2.27. The SMILES string of the molecule is CC(=O)OCC1C=CC(C2C/C=C(/F)C(n3cncn3)=NC(=O)C2)O1. The Morgan fingerprint density at radius 2 is 2.32 bits per heavy atom. The molecule has 3 unspecified atom stereocenters. The largest absolute Gasteiger partial charge is 0.463 e. The average Bonchev–Trinajstić information content (AvgIpc) is 3.24. The summed E-state index contributed by atoms with van der Waals surface area (Å²) in [4.78, 5) is 30.5. The first kappa shape index (κ1) is 17.2. The van der Waals surface area contributed by atoms with Crippen LogP contribution in [-0.2, 0) is 19.1 Å². The van der Waals surface area contributed by atoms with Gasteiger partial charge < -0.3 is 9.47 Å². The van der Waals surface area contributed by atoms with Gasteiger partial charge in [0.25, 0.3) is 0 Å². The van der Waals surface area contributed by atoms with Gasteiger partial charge in [-0.05, 0) is 12.5 Å². The second kappa shape index (κ2) is 7.47. The van der Waals surface area contributed by atoms with Gasteiger partial charge >= 0.3 is 5.97 Å². The Bertz CT molecular complexity index is 741. The first-order valence-corrected chi connectivity index (χ1v) is 7.82. The van der Waals surface area contributed by atoms with Crippen LogP contribution in [-0.4, -0.2) is 51.3 Å². The minimum Gasteiger partial charge on any atom is -0.463 e. The molecule has 0 spiro atoms. The number of aliphatic imine (C=N–C) groups is 1. The van der Waals surface area contributed by atoms with E-state index < -0.39 is 11.7 Å². The number of nitrogens with zero attached hydrogens (tertiary/aromatic N) is 4. The van der Waals surface area contributed by atoms with Crippen LogP contribution in [0.4, 0.5) is 4.39 Å². The molecule has 9 heteroatoms. The lowest BCUT2D eigenvalue weighted by Crippen LogP contribution is -2.28. The number of esters is 1. The summed E-state index contributed by atoms with van der Waals surface area (Å²) in [5.41, 5.74) is 0. The van der Waals surface area contributed by atoms with Crippen molar-refractivity contribution < 1.29 is 23.5 Å². The van der Waals surface area contributed by atoms with Gasteiger partial charge in [0.15, 0.2) is 11.7 Å². The second-order valence-electron chi connectivity index (χ2n) is 5.75. The predicted molar refractivity (Wildman–Crippen MR) is 84.2 cm³/mol. The number of carbonyl (C=O) groups excluding carboxylic acids is 2. The van der Waals surface area contributed by atoms with Crippen molar-refractivity contribution in [3.8, 4) is 0 Å². The first-order valence-electron chi connectivity index (χ1n) is 7.82. The summed E-state index contributed by atoms with van der Waals surface area (Å²) in [7, 11) is 0. The summed E-state index contributed by atoms with van der Waals surface area (Å²) in [6.45, 7) is 1.43. The van der Waals surface area contributed by atoms with E-state index in [4.69, 9.17) is 9.47 Å². The van der Waals surface area contributed by atoms with E-state index in [2.05, 4.69) is 15.1 Å². The van der Waals surface area contributed by atoms with Crippen molar-refractivity contribution in [2.24, 2.45) is 10.9 Å². The van der Waals surface area contributed by atoms with Gasteiger partial charge in [0.05, 0.1) is 6.10 Å². The lowest BCUT2D eigenvalue weighted by molar-refractivity contribution is -0.144. The molecular weight excluding hydrogens is 331 g/mol. The van der Waals surface area contributed by atoms with Crippen molar-refractivity contribution in [3.63, 3.8) is 0 Å². The van der Waals surface area contributed by atoms with Crippen molar-refractivity contribution in [1.82, 2.24) is 14.8 Å². The van der Waals surface area contributed by atoms with E-state index in [-0.39, 0.29) is 43.0 Å². The number of carbonyl (C=O) groups is 2. The molecule has 0 radical (unpaired) electrons. The quantitative estimate of drug-likeness (QED) is 0.602. The van der Waals surface area contributed by atoms with Crippen molar-refractivity contribution >= 4 is 17.7 Å². The Hall–Kier alpha value is -2.68. The zero-order valence-corrected chi connectivity index (χ0v) is 13.5. The van der Waals surface area contributed by atoms with Gasteiger partial charge in [0, 0.05) is 19.3 Å². The molecule has 25 heavy (non-hydrogen) atoms. The van der Waals surface area contributed by atoms with Crippen LogP contribution in [0.25, 0.3) is 0 Å². The van der Waals surface area contributed by atoms with Crippen molar-refractivity contribution in [1.29, 1.82) is 0 Å². The lowest BCUT2D eigenvalue weighted by atomic mass is 9.93. The van der Waals surface area contributed by atoms with E-state index in [9.17, 15) is 14.0 Å². The molecule has 0 aromatic carbocycles. The number of amides is 1. The van der Waals surface area contributed by atoms with Crippen LogP contribution in [0.1, 0.15) is 19.8 Å². The van der Waals surface area contributed by atoms with Crippen LogP contribution in [0.5, 0.6) is 0 Å². The predicted octanol–water partition coefficient (Wildman–Crippen LogP) is 1.20. The third-order valence-electron chi connectivity index (χ3n) is 3.88. The molecule has 0 aliphatic carbocycles. The normalized spacial score (nSPS) is 28.7. The van der Waals surface area contributed by atoms with Crippen molar-refractivity contribution in [3.05, 3.63) is 36.7 Å². The van der Waals surface area contributed by atoms with E-state index in [1.54, 1.807) is 6.08 Å². The Morgan fingerprint density at radius 1 is 1.48 bits per heavy atom. The maximum atomic E-state index is 14.3. The van der Waals surface area contributed by atoms with E-state index in [1.165, 1.54) is 25.7 Å². The highest BCUT2D eigenvalue weighted by atomic mass is 19.1. The zero-order chi connectivity index (χ0) is 17.8. The average molecular weight is 348 g/mol.